The van der Waals surface area contributed by atoms with Gasteiger partial charge in [-0.3, -0.25) is 4.79 Å². The summed E-state index contributed by atoms with van der Waals surface area (Å²) >= 11 is 0. The lowest BCUT2D eigenvalue weighted by Gasteiger charge is -2.29. The quantitative estimate of drug-likeness (QED) is 0.640. The average molecular weight is 192 g/mol. The molecule has 2 heteroatoms. The van der Waals surface area contributed by atoms with Crippen LogP contribution in [0.2, 0.25) is 0 Å². The van der Waals surface area contributed by atoms with Gasteiger partial charge in [-0.2, -0.15) is 0 Å². The van der Waals surface area contributed by atoms with Gasteiger partial charge < -0.3 is 4.42 Å². The highest BCUT2D eigenvalue weighted by Gasteiger charge is 2.33. The first-order valence-electron chi connectivity index (χ1n) is 5.14. The number of Topliss-reactive ketones (excluding diaryl/α,β-unsaturated/α-hetero) is 1. The molecule has 0 atom stereocenters. The predicted octanol–water partition coefficient (Wildman–Crippen LogP) is 3.10. The molecule has 2 rings (SSSR count). The summed E-state index contributed by atoms with van der Waals surface area (Å²) in [4.78, 5) is 11.4. The van der Waals surface area contributed by atoms with Crippen LogP contribution in [0.15, 0.2) is 10.7 Å². The molecule has 0 aromatic carbocycles. The molecule has 1 heterocycles. The molecule has 0 spiro atoms. The van der Waals surface area contributed by atoms with Crippen LogP contribution in [0.4, 0.5) is 0 Å². The Balaban J connectivity index is 2.58. The van der Waals surface area contributed by atoms with Crippen molar-refractivity contribution in [2.75, 3.05) is 0 Å². The molecule has 0 saturated heterocycles. The van der Waals surface area contributed by atoms with Gasteiger partial charge in [0, 0.05) is 12.5 Å². The molecule has 1 aromatic heterocycles. The van der Waals surface area contributed by atoms with Crippen LogP contribution >= 0.6 is 0 Å². The van der Waals surface area contributed by atoms with E-state index < -0.39 is 0 Å². The van der Waals surface area contributed by atoms with E-state index in [-0.39, 0.29) is 11.2 Å². The fraction of sp³-hybridized carbons (Fsp3) is 0.583. The van der Waals surface area contributed by atoms with Crippen LogP contribution in [-0.2, 0) is 11.8 Å². The maximum Gasteiger partial charge on any atom is 0.195 e. The number of aryl methyl sites for hydroxylation is 1. The number of carbonyl (C=O) groups excluding carboxylic acids is 1. The molecule has 0 unspecified atom stereocenters. The third-order valence-corrected chi connectivity index (χ3v) is 3.11. The van der Waals surface area contributed by atoms with Gasteiger partial charge in [-0.05, 0) is 30.2 Å². The van der Waals surface area contributed by atoms with E-state index in [9.17, 15) is 4.79 Å². The number of hydrogen-bond donors (Lipinski definition) is 0. The molecule has 0 N–H and O–H groups in total. The van der Waals surface area contributed by atoms with Crippen molar-refractivity contribution in [3.8, 4) is 0 Å². The van der Waals surface area contributed by atoms with E-state index in [1.54, 1.807) is 13.2 Å². The van der Waals surface area contributed by atoms with Crippen LogP contribution in [0.1, 0.15) is 55.3 Å². The van der Waals surface area contributed by atoms with Gasteiger partial charge in [-0.25, -0.2) is 0 Å². The zero-order valence-corrected chi connectivity index (χ0v) is 9.02. The predicted molar refractivity (Wildman–Crippen MR) is 54.7 cm³/mol. The minimum absolute atomic E-state index is 0.0428. The molecule has 0 amide bonds. The molecule has 0 fully saturated rings. The number of fused-ring (bicyclic) bond motifs is 1. The van der Waals surface area contributed by atoms with Crippen LogP contribution in [0.3, 0.4) is 0 Å². The van der Waals surface area contributed by atoms with Crippen LogP contribution in [0, 0.1) is 0 Å². The smallest absolute Gasteiger partial charge is 0.195 e. The molecule has 14 heavy (non-hydrogen) atoms. The Morgan fingerprint density at radius 3 is 2.86 bits per heavy atom. The lowest BCUT2D eigenvalue weighted by molar-refractivity contribution is 0.0984. The van der Waals surface area contributed by atoms with Crippen molar-refractivity contribution in [1.82, 2.24) is 0 Å². The standard InChI is InChI=1S/C12H16O2/c1-8(13)11-10-9(7-14-11)5-4-6-12(10,2)3/h7H,4-6H2,1-3H3. The molecule has 1 aliphatic carbocycles. The van der Waals surface area contributed by atoms with Crippen LogP contribution < -0.4 is 0 Å². The summed E-state index contributed by atoms with van der Waals surface area (Å²) in [6.45, 7) is 5.95. The van der Waals surface area contributed by atoms with Gasteiger partial charge in [-0.15, -0.1) is 0 Å². The van der Waals surface area contributed by atoms with Gasteiger partial charge in [0.2, 0.25) is 0 Å². The molecule has 1 aliphatic rings. The Morgan fingerprint density at radius 1 is 1.50 bits per heavy atom. The first-order chi connectivity index (χ1) is 6.52. The Morgan fingerprint density at radius 2 is 2.21 bits per heavy atom. The summed E-state index contributed by atoms with van der Waals surface area (Å²) in [5.41, 5.74) is 2.48. The van der Waals surface area contributed by atoms with Gasteiger partial charge in [0.05, 0.1) is 6.26 Å². The third kappa shape index (κ3) is 1.29. The molecule has 76 valence electrons. The Kier molecular flexibility index (Phi) is 2.02. The van der Waals surface area contributed by atoms with Crippen molar-refractivity contribution in [2.24, 2.45) is 0 Å². The number of rotatable bonds is 1. The maximum absolute atomic E-state index is 11.4. The van der Waals surface area contributed by atoms with Crippen LogP contribution in [0.5, 0.6) is 0 Å². The Hall–Kier alpha value is -1.05. The maximum atomic E-state index is 11.4. The molecule has 0 aliphatic heterocycles. The SMILES string of the molecule is CC(=O)c1occ2c1C(C)(C)CCC2. The third-order valence-electron chi connectivity index (χ3n) is 3.11. The average Bonchev–Trinajstić information content (AvgIpc) is 2.48. The van der Waals surface area contributed by atoms with Crippen molar-refractivity contribution in [3.05, 3.63) is 23.2 Å². The fourth-order valence-electron chi connectivity index (χ4n) is 2.42. The summed E-state index contributed by atoms with van der Waals surface area (Å²) in [5.74, 6) is 0.617. The summed E-state index contributed by atoms with van der Waals surface area (Å²) in [7, 11) is 0. The minimum atomic E-state index is 0.0428. The zero-order valence-electron chi connectivity index (χ0n) is 9.02. The summed E-state index contributed by atoms with van der Waals surface area (Å²) in [6, 6.07) is 0. The Bertz CT molecular complexity index is 372. The lowest BCUT2D eigenvalue weighted by atomic mass is 9.73. The zero-order chi connectivity index (χ0) is 10.3. The van der Waals surface area contributed by atoms with E-state index in [4.69, 9.17) is 4.42 Å². The van der Waals surface area contributed by atoms with Crippen LogP contribution in [-0.4, -0.2) is 5.78 Å². The van der Waals surface area contributed by atoms with Crippen molar-refractivity contribution in [3.63, 3.8) is 0 Å². The highest BCUT2D eigenvalue weighted by atomic mass is 16.3. The monoisotopic (exact) mass is 192 g/mol. The molecule has 1 aromatic rings. The second-order valence-electron chi connectivity index (χ2n) is 4.76. The number of carbonyl (C=O) groups is 1. The second kappa shape index (κ2) is 2.97. The molecule has 0 saturated carbocycles. The van der Waals surface area contributed by atoms with Gasteiger partial charge in [0.25, 0.3) is 0 Å². The van der Waals surface area contributed by atoms with Gasteiger partial charge in [0.1, 0.15) is 0 Å². The molecule has 0 bridgehead atoms. The summed E-state index contributed by atoms with van der Waals surface area (Å²) in [5, 5.41) is 0. The molecule has 2 nitrogen and oxygen atoms in total. The minimum Gasteiger partial charge on any atom is -0.461 e. The van der Waals surface area contributed by atoms with E-state index in [1.165, 1.54) is 12.0 Å². The van der Waals surface area contributed by atoms with Crippen LogP contribution in [0.25, 0.3) is 0 Å². The van der Waals surface area contributed by atoms with E-state index in [2.05, 4.69) is 13.8 Å². The largest absolute Gasteiger partial charge is 0.461 e. The van der Waals surface area contributed by atoms with E-state index in [1.807, 2.05) is 0 Å². The highest BCUT2D eigenvalue weighted by Crippen LogP contribution is 2.39. The van der Waals surface area contributed by atoms with Crippen molar-refractivity contribution < 1.29 is 9.21 Å². The van der Waals surface area contributed by atoms with E-state index in [0.717, 1.165) is 18.4 Å². The summed E-state index contributed by atoms with van der Waals surface area (Å²) < 4.78 is 5.37. The molecular weight excluding hydrogens is 176 g/mol. The first kappa shape index (κ1) is 9.50. The van der Waals surface area contributed by atoms with Crippen molar-refractivity contribution in [1.29, 1.82) is 0 Å². The van der Waals surface area contributed by atoms with Gasteiger partial charge >= 0.3 is 0 Å². The van der Waals surface area contributed by atoms with E-state index in [0.29, 0.717) is 5.76 Å². The highest BCUT2D eigenvalue weighted by molar-refractivity contribution is 5.93. The lowest BCUT2D eigenvalue weighted by Crippen LogP contribution is -2.24. The normalized spacial score (nSPS) is 19.1. The number of furan rings is 1. The first-order valence-corrected chi connectivity index (χ1v) is 5.14. The van der Waals surface area contributed by atoms with Gasteiger partial charge in [-0.1, -0.05) is 13.8 Å². The van der Waals surface area contributed by atoms with E-state index >= 15 is 0 Å². The fourth-order valence-corrected chi connectivity index (χ4v) is 2.42. The van der Waals surface area contributed by atoms with Gasteiger partial charge in [0.15, 0.2) is 11.5 Å². The molecule has 0 radical (unpaired) electrons. The topological polar surface area (TPSA) is 30.2 Å². The van der Waals surface area contributed by atoms with Crippen molar-refractivity contribution >= 4 is 5.78 Å². The summed E-state index contributed by atoms with van der Waals surface area (Å²) in [6.07, 6.45) is 5.14. The second-order valence-corrected chi connectivity index (χ2v) is 4.76. The number of ketones is 1. The molecular formula is C12H16O2. The number of hydrogen-bond acceptors (Lipinski definition) is 2. The van der Waals surface area contributed by atoms with Crippen molar-refractivity contribution in [2.45, 2.75) is 45.4 Å². The Labute approximate surface area is 84.3 Å².